The van der Waals surface area contributed by atoms with Crippen molar-refractivity contribution >= 4 is 34.7 Å². The van der Waals surface area contributed by atoms with Gasteiger partial charge in [0.1, 0.15) is 0 Å². The van der Waals surface area contributed by atoms with Crippen molar-refractivity contribution in [1.29, 1.82) is 0 Å². The first-order valence-electron chi connectivity index (χ1n) is 9.67. The summed E-state index contributed by atoms with van der Waals surface area (Å²) in [5.74, 6) is -1.03. The molecule has 31 heavy (non-hydrogen) atoms. The van der Waals surface area contributed by atoms with Gasteiger partial charge in [-0.1, -0.05) is 12.1 Å². The Morgan fingerprint density at radius 1 is 1.06 bits per heavy atom. The number of nitrogens with one attached hydrogen (secondary N) is 3. The lowest BCUT2D eigenvalue weighted by Gasteiger charge is -2.30. The Hall–Kier alpha value is -3.76. The van der Waals surface area contributed by atoms with E-state index in [1.807, 2.05) is 24.3 Å². The second kappa shape index (κ2) is 9.37. The maximum Gasteiger partial charge on any atom is 0.274 e. The molecule has 4 N–H and O–H groups in total. The Labute approximate surface area is 177 Å². The molecule has 0 atom stereocenters. The van der Waals surface area contributed by atoms with Gasteiger partial charge in [-0.25, -0.2) is 14.9 Å². The lowest BCUT2D eigenvalue weighted by molar-refractivity contribution is 0.0706. The predicted octanol–water partition coefficient (Wildman–Crippen LogP) is 3.06. The highest BCUT2D eigenvalue weighted by atomic mass is 19.1. The molecular formula is C21H21FN6O3. The van der Waals surface area contributed by atoms with Crippen LogP contribution in [0.4, 0.5) is 33.2 Å². The van der Waals surface area contributed by atoms with E-state index in [2.05, 4.69) is 25.5 Å². The third-order valence-corrected chi connectivity index (χ3v) is 4.76. The number of para-hydroxylation sites is 2. The van der Waals surface area contributed by atoms with Crippen LogP contribution in [-0.4, -0.2) is 47.4 Å². The number of hydrogen-bond acceptors (Lipinski definition) is 8. The molecular weight excluding hydrogens is 403 g/mol. The fourth-order valence-corrected chi connectivity index (χ4v) is 3.20. The van der Waals surface area contributed by atoms with Crippen LogP contribution >= 0.6 is 0 Å². The number of morpholine rings is 1. The first kappa shape index (κ1) is 20.5. The van der Waals surface area contributed by atoms with Crippen LogP contribution in [0.1, 0.15) is 10.4 Å². The van der Waals surface area contributed by atoms with Gasteiger partial charge in [0.25, 0.3) is 5.91 Å². The number of carbonyl (C=O) groups excluding carboxylic acids is 1. The van der Waals surface area contributed by atoms with Crippen molar-refractivity contribution in [3.05, 3.63) is 66.1 Å². The number of ether oxygens (including phenoxy) is 1. The first-order valence-corrected chi connectivity index (χ1v) is 9.67. The largest absolute Gasteiger partial charge is 0.378 e. The number of halogens is 1. The molecule has 0 radical (unpaired) electrons. The zero-order chi connectivity index (χ0) is 21.6. The molecule has 1 saturated heterocycles. The molecule has 9 nitrogen and oxygen atoms in total. The maximum absolute atomic E-state index is 14.3. The highest BCUT2D eigenvalue weighted by molar-refractivity contribution is 5.93. The van der Waals surface area contributed by atoms with Gasteiger partial charge in [0.05, 0.1) is 30.8 Å². The molecule has 0 bridgehead atoms. The highest BCUT2D eigenvalue weighted by Gasteiger charge is 2.16. The zero-order valence-corrected chi connectivity index (χ0v) is 16.5. The van der Waals surface area contributed by atoms with Crippen molar-refractivity contribution in [2.45, 2.75) is 0 Å². The molecule has 1 aliphatic rings. The summed E-state index contributed by atoms with van der Waals surface area (Å²) >= 11 is 0. The van der Waals surface area contributed by atoms with Crippen LogP contribution in [0.15, 0.2) is 54.7 Å². The van der Waals surface area contributed by atoms with Crippen molar-refractivity contribution in [2.75, 3.05) is 41.8 Å². The van der Waals surface area contributed by atoms with Crippen molar-refractivity contribution in [3.8, 4) is 0 Å². The zero-order valence-electron chi connectivity index (χ0n) is 16.5. The maximum atomic E-state index is 14.3. The summed E-state index contributed by atoms with van der Waals surface area (Å²) in [7, 11) is 0. The van der Waals surface area contributed by atoms with E-state index in [0.29, 0.717) is 18.9 Å². The molecule has 160 valence electrons. The molecule has 1 aliphatic heterocycles. The van der Waals surface area contributed by atoms with Crippen LogP contribution in [0.5, 0.6) is 0 Å². The van der Waals surface area contributed by atoms with E-state index in [0.717, 1.165) is 30.7 Å². The van der Waals surface area contributed by atoms with E-state index >= 15 is 0 Å². The van der Waals surface area contributed by atoms with Gasteiger partial charge in [-0.05, 0) is 36.4 Å². The summed E-state index contributed by atoms with van der Waals surface area (Å²) in [5, 5.41) is 14.7. The first-order chi connectivity index (χ1) is 15.1. The Morgan fingerprint density at radius 3 is 2.55 bits per heavy atom. The summed E-state index contributed by atoms with van der Waals surface area (Å²) in [4.78, 5) is 21.9. The van der Waals surface area contributed by atoms with Gasteiger partial charge in [-0.3, -0.25) is 10.0 Å². The molecule has 0 spiro atoms. The molecule has 0 unspecified atom stereocenters. The summed E-state index contributed by atoms with van der Waals surface area (Å²) in [6.07, 6.45) is 1.09. The van der Waals surface area contributed by atoms with Crippen molar-refractivity contribution in [3.63, 3.8) is 0 Å². The fourth-order valence-electron chi connectivity index (χ4n) is 3.20. The minimum atomic E-state index is -0.634. The van der Waals surface area contributed by atoms with Crippen LogP contribution in [-0.2, 0) is 4.74 Å². The summed E-state index contributed by atoms with van der Waals surface area (Å²) in [6.45, 7) is 2.88. The lowest BCUT2D eigenvalue weighted by atomic mass is 10.2. The number of aromatic nitrogens is 2. The second-order valence-electron chi connectivity index (χ2n) is 6.78. The molecule has 3 aromatic rings. The second-order valence-corrected chi connectivity index (χ2v) is 6.78. The molecule has 10 heteroatoms. The number of nitrogens with zero attached hydrogens (tertiary/aromatic N) is 3. The monoisotopic (exact) mass is 424 g/mol. The van der Waals surface area contributed by atoms with E-state index in [4.69, 9.17) is 9.94 Å². The van der Waals surface area contributed by atoms with Gasteiger partial charge in [0.2, 0.25) is 5.95 Å². The molecule has 1 aromatic heterocycles. The molecule has 4 rings (SSSR count). The van der Waals surface area contributed by atoms with Gasteiger partial charge in [0, 0.05) is 24.3 Å². The van der Waals surface area contributed by atoms with Gasteiger partial charge in [-0.15, -0.1) is 0 Å². The van der Waals surface area contributed by atoms with E-state index in [9.17, 15) is 9.18 Å². The number of benzene rings is 2. The number of hydroxylamine groups is 1. The van der Waals surface area contributed by atoms with Gasteiger partial charge in [-0.2, -0.15) is 4.98 Å². The summed E-state index contributed by atoms with van der Waals surface area (Å²) in [6, 6.07) is 13.9. The highest BCUT2D eigenvalue weighted by Crippen LogP contribution is 2.29. The third kappa shape index (κ3) is 4.87. The lowest BCUT2D eigenvalue weighted by Crippen LogP contribution is -2.36. The van der Waals surface area contributed by atoms with E-state index in [1.54, 1.807) is 17.6 Å². The SMILES string of the molecule is O=C(NO)c1ccc(Nc2nc(Nc3ccccc3N3CCOCC3)ncc2F)cc1. The molecule has 1 amide bonds. The minimum Gasteiger partial charge on any atom is -0.378 e. The minimum absolute atomic E-state index is 0.0132. The van der Waals surface area contributed by atoms with Crippen LogP contribution < -0.4 is 21.0 Å². The van der Waals surface area contributed by atoms with Crippen molar-refractivity contribution in [1.82, 2.24) is 15.4 Å². The van der Waals surface area contributed by atoms with Gasteiger partial charge >= 0.3 is 0 Å². The predicted molar refractivity (Wildman–Crippen MR) is 114 cm³/mol. The van der Waals surface area contributed by atoms with E-state index in [1.165, 1.54) is 12.1 Å². The fraction of sp³-hybridized carbons (Fsp3) is 0.190. The average Bonchev–Trinajstić information content (AvgIpc) is 2.82. The molecule has 0 aliphatic carbocycles. The Balaban J connectivity index is 1.53. The number of anilines is 5. The molecule has 0 saturated carbocycles. The molecule has 2 aromatic carbocycles. The van der Waals surface area contributed by atoms with Crippen LogP contribution in [0.2, 0.25) is 0 Å². The van der Waals surface area contributed by atoms with E-state index in [-0.39, 0.29) is 17.3 Å². The normalized spacial score (nSPS) is 13.5. The number of amides is 1. The number of carbonyl (C=O) groups is 1. The quantitative estimate of drug-likeness (QED) is 0.353. The molecule has 2 heterocycles. The van der Waals surface area contributed by atoms with Gasteiger partial charge in [0.15, 0.2) is 11.6 Å². The molecule has 1 fully saturated rings. The standard InChI is InChI=1S/C21H21FN6O3/c22-16-13-23-21(25-17-3-1-2-4-18(17)28-9-11-31-12-10-28)26-19(16)24-15-7-5-14(6-8-15)20(29)27-30/h1-8,13,30H,9-12H2,(H,27,29)(H2,23,24,25,26). The topological polar surface area (TPSA) is 112 Å². The third-order valence-electron chi connectivity index (χ3n) is 4.76. The van der Waals surface area contributed by atoms with E-state index < -0.39 is 11.7 Å². The smallest absolute Gasteiger partial charge is 0.274 e. The van der Waals surface area contributed by atoms with Crippen molar-refractivity contribution in [2.24, 2.45) is 0 Å². The number of hydrogen-bond donors (Lipinski definition) is 4. The van der Waals surface area contributed by atoms with Gasteiger partial charge < -0.3 is 20.3 Å². The van der Waals surface area contributed by atoms with Crippen LogP contribution in [0, 0.1) is 5.82 Å². The van der Waals surface area contributed by atoms with Crippen molar-refractivity contribution < 1.29 is 19.1 Å². The Bertz CT molecular complexity index is 1060. The summed E-state index contributed by atoms with van der Waals surface area (Å²) in [5.41, 5.74) is 4.14. The number of rotatable bonds is 6. The Kier molecular flexibility index (Phi) is 6.20. The summed E-state index contributed by atoms with van der Waals surface area (Å²) < 4.78 is 19.7. The van der Waals surface area contributed by atoms with Crippen LogP contribution in [0.25, 0.3) is 0 Å². The average molecular weight is 424 g/mol. The van der Waals surface area contributed by atoms with Crippen LogP contribution in [0.3, 0.4) is 0 Å². The Morgan fingerprint density at radius 2 is 1.81 bits per heavy atom.